The molecule has 0 radical (unpaired) electrons. The van der Waals surface area contributed by atoms with Crippen LogP contribution in [0.15, 0.2) is 48.5 Å². The zero-order chi connectivity index (χ0) is 21.4. The smallest absolute Gasteiger partial charge is 0.0884 e. The number of unbranched alkanes of at least 4 members (excludes halogenated alkanes) is 3. The maximum absolute atomic E-state index is 14.0. The van der Waals surface area contributed by atoms with E-state index in [4.69, 9.17) is 4.98 Å². The van der Waals surface area contributed by atoms with Gasteiger partial charge in [0.1, 0.15) is 0 Å². The molecule has 1 atom stereocenters. The lowest BCUT2D eigenvalue weighted by atomic mass is 9.94. The van der Waals surface area contributed by atoms with Crippen molar-refractivity contribution in [3.05, 3.63) is 54.2 Å². The Hall–Kier alpha value is -1.66. The monoisotopic (exact) mass is 423 g/mol. The van der Waals surface area contributed by atoms with Crippen LogP contribution in [-0.4, -0.2) is 23.5 Å². The highest BCUT2D eigenvalue weighted by atomic mass is 31.2. The normalized spacial score (nSPS) is 13.2. The van der Waals surface area contributed by atoms with E-state index in [-0.39, 0.29) is 5.92 Å². The van der Waals surface area contributed by atoms with Crippen molar-refractivity contribution in [3.8, 4) is 0 Å². The molecule has 0 saturated heterocycles. The van der Waals surface area contributed by atoms with Gasteiger partial charge in [-0.15, -0.1) is 0 Å². The summed E-state index contributed by atoms with van der Waals surface area (Å²) in [5, 5.41) is 3.73. The van der Waals surface area contributed by atoms with Crippen LogP contribution in [0.2, 0.25) is 0 Å². The van der Waals surface area contributed by atoms with Crippen LogP contribution in [0.4, 0.5) is 0 Å². The van der Waals surface area contributed by atoms with E-state index in [1.165, 1.54) is 21.9 Å². The first-order valence-electron chi connectivity index (χ1n) is 12.0. The zero-order valence-corrected chi connectivity index (χ0v) is 20.0. The van der Waals surface area contributed by atoms with Crippen LogP contribution >= 0.6 is 7.14 Å². The Kier molecular flexibility index (Phi) is 8.51. The van der Waals surface area contributed by atoms with Crippen molar-refractivity contribution < 1.29 is 4.57 Å². The van der Waals surface area contributed by atoms with Gasteiger partial charge in [0.2, 0.25) is 0 Å². The average molecular weight is 424 g/mol. The second-order valence-corrected chi connectivity index (χ2v) is 12.2. The fraction of sp³-hybridized carbons (Fsp3) is 0.519. The maximum Gasteiger partial charge on any atom is 0.0884 e. The van der Waals surface area contributed by atoms with Crippen LogP contribution in [0.3, 0.4) is 0 Å². The largest absolute Gasteiger partial charge is 0.324 e. The first-order valence-corrected chi connectivity index (χ1v) is 14.2. The number of hydrogen-bond donors (Lipinski definition) is 0. The molecule has 0 spiro atoms. The molecule has 0 fully saturated rings. The number of aromatic nitrogens is 1. The molecule has 2 aromatic carbocycles. The molecule has 0 amide bonds. The number of rotatable bonds is 12. The van der Waals surface area contributed by atoms with Crippen molar-refractivity contribution in [3.63, 3.8) is 0 Å². The highest BCUT2D eigenvalue weighted by Gasteiger charge is 2.28. The lowest BCUT2D eigenvalue weighted by molar-refractivity contribution is 0.553. The first kappa shape index (κ1) is 23.0. The summed E-state index contributed by atoms with van der Waals surface area (Å²) in [6.07, 6.45) is 10.4. The van der Waals surface area contributed by atoms with E-state index >= 15 is 0 Å². The van der Waals surface area contributed by atoms with Gasteiger partial charge in [0.25, 0.3) is 0 Å². The predicted molar refractivity (Wildman–Crippen MR) is 134 cm³/mol. The molecule has 0 saturated carbocycles. The van der Waals surface area contributed by atoms with E-state index in [1.807, 2.05) is 0 Å². The van der Waals surface area contributed by atoms with E-state index in [0.717, 1.165) is 68.9 Å². The fourth-order valence-corrected chi connectivity index (χ4v) is 8.13. The first-order chi connectivity index (χ1) is 14.6. The van der Waals surface area contributed by atoms with Gasteiger partial charge >= 0.3 is 0 Å². The van der Waals surface area contributed by atoms with Crippen molar-refractivity contribution >= 4 is 28.8 Å². The minimum absolute atomic E-state index is 0.277. The Labute approximate surface area is 182 Å². The van der Waals surface area contributed by atoms with Crippen molar-refractivity contribution in [2.24, 2.45) is 0 Å². The molecular weight excluding hydrogens is 385 g/mol. The molecule has 1 heterocycles. The summed E-state index contributed by atoms with van der Waals surface area (Å²) in [6, 6.07) is 17.1. The molecule has 162 valence electrons. The van der Waals surface area contributed by atoms with Gasteiger partial charge in [-0.05, 0) is 30.7 Å². The number of fused-ring (bicyclic) bond motifs is 3. The summed E-state index contributed by atoms with van der Waals surface area (Å²) in [5.41, 5.74) is 2.23. The van der Waals surface area contributed by atoms with E-state index < -0.39 is 7.14 Å². The second kappa shape index (κ2) is 11.1. The third-order valence-corrected chi connectivity index (χ3v) is 9.69. The van der Waals surface area contributed by atoms with Gasteiger partial charge in [-0.25, -0.2) is 0 Å². The number of para-hydroxylation sites is 1. The molecule has 0 bridgehead atoms. The van der Waals surface area contributed by atoms with Gasteiger partial charge < -0.3 is 4.57 Å². The Bertz CT molecular complexity index is 984. The molecule has 0 N–H and O–H groups in total. The molecule has 0 aliphatic heterocycles. The number of benzene rings is 2. The van der Waals surface area contributed by atoms with Crippen molar-refractivity contribution in [2.45, 2.75) is 71.6 Å². The van der Waals surface area contributed by atoms with Gasteiger partial charge in [-0.3, -0.25) is 4.98 Å². The van der Waals surface area contributed by atoms with Crippen molar-refractivity contribution in [1.82, 2.24) is 4.98 Å². The molecule has 1 aromatic heterocycles. The Morgan fingerprint density at radius 1 is 0.767 bits per heavy atom. The molecule has 0 aliphatic carbocycles. The third-order valence-electron chi connectivity index (χ3n) is 6.32. The summed E-state index contributed by atoms with van der Waals surface area (Å²) in [4.78, 5) is 5.18. The van der Waals surface area contributed by atoms with Crippen LogP contribution < -0.4 is 0 Å². The molecule has 0 aliphatic rings. The highest BCUT2D eigenvalue weighted by molar-refractivity contribution is 7.63. The second-order valence-electron chi connectivity index (χ2n) is 8.79. The Balaban J connectivity index is 2.08. The van der Waals surface area contributed by atoms with Gasteiger partial charge in [0, 0.05) is 35.2 Å². The summed E-state index contributed by atoms with van der Waals surface area (Å²) in [7, 11) is -2.19. The van der Waals surface area contributed by atoms with Crippen LogP contribution in [0.25, 0.3) is 21.7 Å². The highest BCUT2D eigenvalue weighted by Crippen LogP contribution is 2.52. The number of nitrogens with zero attached hydrogens (tertiary/aromatic N) is 1. The molecule has 3 rings (SSSR count). The lowest BCUT2D eigenvalue weighted by Crippen LogP contribution is -2.12. The van der Waals surface area contributed by atoms with Gasteiger partial charge in [-0.2, -0.15) is 0 Å². The average Bonchev–Trinajstić information content (AvgIpc) is 2.79. The molecule has 30 heavy (non-hydrogen) atoms. The molecule has 3 aromatic rings. The minimum Gasteiger partial charge on any atom is -0.324 e. The summed E-state index contributed by atoms with van der Waals surface area (Å²) in [5.74, 6) is 0.277. The Morgan fingerprint density at radius 2 is 1.33 bits per heavy atom. The maximum atomic E-state index is 14.0. The van der Waals surface area contributed by atoms with Gasteiger partial charge in [0.05, 0.1) is 18.4 Å². The predicted octanol–water partition coefficient (Wildman–Crippen LogP) is 8.63. The number of hydrogen-bond acceptors (Lipinski definition) is 2. The molecule has 2 nitrogen and oxygen atoms in total. The molecular formula is C27H38NOP. The van der Waals surface area contributed by atoms with E-state index in [2.05, 4.69) is 69.3 Å². The quantitative estimate of drug-likeness (QED) is 0.215. The Morgan fingerprint density at radius 3 is 1.97 bits per heavy atom. The molecule has 1 unspecified atom stereocenters. The van der Waals surface area contributed by atoms with Gasteiger partial charge in [-0.1, -0.05) is 88.9 Å². The van der Waals surface area contributed by atoms with E-state index in [0.29, 0.717) is 0 Å². The third kappa shape index (κ3) is 5.52. The summed E-state index contributed by atoms with van der Waals surface area (Å²) < 4.78 is 14.0. The summed E-state index contributed by atoms with van der Waals surface area (Å²) >= 11 is 0. The van der Waals surface area contributed by atoms with Gasteiger partial charge in [0.15, 0.2) is 0 Å². The zero-order valence-electron chi connectivity index (χ0n) is 19.1. The van der Waals surface area contributed by atoms with Crippen molar-refractivity contribution in [1.29, 1.82) is 0 Å². The molecule has 3 heteroatoms. The van der Waals surface area contributed by atoms with Crippen LogP contribution in [0.5, 0.6) is 0 Å². The van der Waals surface area contributed by atoms with Crippen LogP contribution in [0.1, 0.15) is 77.3 Å². The van der Waals surface area contributed by atoms with E-state index in [9.17, 15) is 4.57 Å². The SMILES string of the molecule is CCCCC(CP(=O)(CCCC)CCCC)c1nc2ccccc2c2ccccc12. The van der Waals surface area contributed by atoms with Crippen LogP contribution in [-0.2, 0) is 4.57 Å². The fourth-order valence-electron chi connectivity index (χ4n) is 4.59. The van der Waals surface area contributed by atoms with Crippen molar-refractivity contribution in [2.75, 3.05) is 18.5 Å². The van der Waals surface area contributed by atoms with Crippen LogP contribution in [0, 0.1) is 0 Å². The topological polar surface area (TPSA) is 30.0 Å². The standard InChI is InChI=1S/C27H38NOP/c1-4-7-14-22(21-30(29,19-8-5-2)20-9-6-3)27-25-17-11-10-15-23(25)24-16-12-13-18-26(24)28-27/h10-13,15-18,22H,4-9,14,19-21H2,1-3H3. The summed E-state index contributed by atoms with van der Waals surface area (Å²) in [6.45, 7) is 6.66. The number of pyridine rings is 1. The minimum atomic E-state index is -2.19. The van der Waals surface area contributed by atoms with E-state index in [1.54, 1.807) is 0 Å². The lowest BCUT2D eigenvalue weighted by Gasteiger charge is -2.26.